The van der Waals surface area contributed by atoms with Crippen molar-refractivity contribution in [1.29, 1.82) is 0 Å². The highest BCUT2D eigenvalue weighted by Gasteiger charge is 2.24. The van der Waals surface area contributed by atoms with Crippen molar-refractivity contribution in [2.45, 2.75) is 13.0 Å². The Bertz CT molecular complexity index is 466. The van der Waals surface area contributed by atoms with Crippen LogP contribution in [-0.2, 0) is 13.0 Å². The highest BCUT2D eigenvalue weighted by Crippen LogP contribution is 2.16. The summed E-state index contributed by atoms with van der Waals surface area (Å²) in [6.07, 6.45) is 2.89. The zero-order valence-corrected chi connectivity index (χ0v) is 9.69. The third-order valence-electron chi connectivity index (χ3n) is 2.88. The molecular weight excluding hydrogens is 223 g/mol. The standard InChI is InChI=1S/C11H15FN4O/c1-15-3-2-10-9(11(15)17)7-16(14-10)6-8(4-12)5-13/h4,7H,2-3,5-6,13H2,1H3/b8-4+. The summed E-state index contributed by atoms with van der Waals surface area (Å²) in [4.78, 5) is 13.5. The SMILES string of the molecule is CN1CCc2nn(C/C(=C/F)CN)cc2C1=O. The van der Waals surface area contributed by atoms with Crippen LogP contribution in [0, 0.1) is 0 Å². The normalized spacial score (nSPS) is 16.3. The first-order chi connectivity index (χ1) is 8.15. The van der Waals surface area contributed by atoms with E-state index in [-0.39, 0.29) is 19.0 Å². The van der Waals surface area contributed by atoms with Gasteiger partial charge in [0.05, 0.1) is 24.1 Å². The van der Waals surface area contributed by atoms with Crippen LogP contribution in [0.2, 0.25) is 0 Å². The summed E-state index contributed by atoms with van der Waals surface area (Å²) >= 11 is 0. The summed E-state index contributed by atoms with van der Waals surface area (Å²) < 4.78 is 14.0. The molecule has 17 heavy (non-hydrogen) atoms. The van der Waals surface area contributed by atoms with Crippen LogP contribution in [0.3, 0.4) is 0 Å². The molecule has 1 aliphatic heterocycles. The maximum atomic E-state index is 12.4. The molecule has 0 bridgehead atoms. The minimum atomic E-state index is -0.0315. The van der Waals surface area contributed by atoms with Gasteiger partial charge >= 0.3 is 0 Å². The lowest BCUT2D eigenvalue weighted by molar-refractivity contribution is 0.0780. The van der Waals surface area contributed by atoms with Crippen molar-refractivity contribution in [2.75, 3.05) is 20.1 Å². The number of carbonyl (C=O) groups is 1. The molecular formula is C11H15FN4O. The van der Waals surface area contributed by atoms with Gasteiger partial charge in [-0.05, 0) is 5.57 Å². The average molecular weight is 238 g/mol. The third-order valence-corrected chi connectivity index (χ3v) is 2.88. The van der Waals surface area contributed by atoms with E-state index in [2.05, 4.69) is 5.10 Å². The van der Waals surface area contributed by atoms with Crippen LogP contribution in [0.15, 0.2) is 18.1 Å². The Balaban J connectivity index is 2.23. The molecule has 0 saturated heterocycles. The molecule has 1 aromatic rings. The van der Waals surface area contributed by atoms with E-state index in [9.17, 15) is 9.18 Å². The van der Waals surface area contributed by atoms with Crippen molar-refractivity contribution in [2.24, 2.45) is 5.73 Å². The Hall–Kier alpha value is -1.69. The number of nitrogens with zero attached hydrogens (tertiary/aromatic N) is 3. The van der Waals surface area contributed by atoms with Gasteiger partial charge < -0.3 is 10.6 Å². The number of halogens is 1. The Morgan fingerprint density at radius 3 is 3.12 bits per heavy atom. The van der Waals surface area contributed by atoms with E-state index in [4.69, 9.17) is 5.73 Å². The van der Waals surface area contributed by atoms with Crippen LogP contribution in [-0.4, -0.2) is 40.7 Å². The largest absolute Gasteiger partial charge is 0.341 e. The minimum absolute atomic E-state index is 0.0315. The molecule has 2 rings (SSSR count). The lowest BCUT2D eigenvalue weighted by Gasteiger charge is -2.20. The number of amides is 1. The van der Waals surface area contributed by atoms with Gasteiger partial charge in [-0.1, -0.05) is 0 Å². The van der Waals surface area contributed by atoms with Gasteiger partial charge in [-0.15, -0.1) is 0 Å². The molecule has 0 aromatic carbocycles. The number of aromatic nitrogens is 2. The van der Waals surface area contributed by atoms with Crippen molar-refractivity contribution in [3.05, 3.63) is 29.4 Å². The molecule has 1 amide bonds. The summed E-state index contributed by atoms with van der Waals surface area (Å²) in [6.45, 7) is 1.11. The fourth-order valence-corrected chi connectivity index (χ4v) is 1.84. The Morgan fingerprint density at radius 2 is 2.47 bits per heavy atom. The monoisotopic (exact) mass is 238 g/mol. The van der Waals surface area contributed by atoms with Crippen molar-refractivity contribution < 1.29 is 9.18 Å². The number of rotatable bonds is 3. The second-order valence-corrected chi connectivity index (χ2v) is 4.14. The fraction of sp³-hybridized carbons (Fsp3) is 0.455. The lowest BCUT2D eigenvalue weighted by Crippen LogP contribution is -2.33. The van der Waals surface area contributed by atoms with Gasteiger partial charge in [-0.25, -0.2) is 4.39 Å². The van der Waals surface area contributed by atoms with Crippen LogP contribution in [0.25, 0.3) is 0 Å². The quantitative estimate of drug-likeness (QED) is 0.825. The van der Waals surface area contributed by atoms with Gasteiger partial charge in [0, 0.05) is 32.8 Å². The van der Waals surface area contributed by atoms with Crippen molar-refractivity contribution >= 4 is 5.91 Å². The van der Waals surface area contributed by atoms with E-state index in [0.29, 0.717) is 24.0 Å². The summed E-state index contributed by atoms with van der Waals surface area (Å²) in [7, 11) is 1.76. The molecule has 0 saturated carbocycles. The molecule has 0 atom stereocenters. The van der Waals surface area contributed by atoms with E-state index in [0.717, 1.165) is 12.1 Å². The Kier molecular flexibility index (Phi) is 3.23. The van der Waals surface area contributed by atoms with Crippen molar-refractivity contribution in [3.63, 3.8) is 0 Å². The number of hydrogen-bond donors (Lipinski definition) is 1. The first-order valence-corrected chi connectivity index (χ1v) is 5.45. The highest BCUT2D eigenvalue weighted by atomic mass is 19.1. The van der Waals surface area contributed by atoms with Crippen molar-refractivity contribution in [1.82, 2.24) is 14.7 Å². The Labute approximate surface area is 98.7 Å². The van der Waals surface area contributed by atoms with E-state index >= 15 is 0 Å². The maximum absolute atomic E-state index is 12.4. The first kappa shape index (κ1) is 11.8. The van der Waals surface area contributed by atoms with Gasteiger partial charge in [0.15, 0.2) is 0 Å². The molecule has 1 aromatic heterocycles. The number of nitrogens with two attached hydrogens (primary N) is 1. The van der Waals surface area contributed by atoms with Crippen LogP contribution in [0.4, 0.5) is 4.39 Å². The second kappa shape index (κ2) is 4.67. The first-order valence-electron chi connectivity index (χ1n) is 5.45. The van der Waals surface area contributed by atoms with Crippen molar-refractivity contribution in [3.8, 4) is 0 Å². The maximum Gasteiger partial charge on any atom is 0.257 e. The number of carbonyl (C=O) groups excluding carboxylic acids is 1. The zero-order chi connectivity index (χ0) is 12.4. The van der Waals surface area contributed by atoms with E-state index in [1.165, 1.54) is 0 Å². The smallest absolute Gasteiger partial charge is 0.257 e. The van der Waals surface area contributed by atoms with Crippen LogP contribution in [0.5, 0.6) is 0 Å². The number of likely N-dealkylation sites (N-methyl/N-ethyl adjacent to an activating group) is 1. The van der Waals surface area contributed by atoms with Crippen LogP contribution in [0.1, 0.15) is 16.1 Å². The van der Waals surface area contributed by atoms with E-state index < -0.39 is 0 Å². The molecule has 0 unspecified atom stereocenters. The van der Waals surface area contributed by atoms with Gasteiger partial charge in [0.1, 0.15) is 0 Å². The average Bonchev–Trinajstić information content (AvgIpc) is 2.74. The summed E-state index contributed by atoms with van der Waals surface area (Å²) in [5.41, 5.74) is 7.21. The predicted octanol–water partition coefficient (Wildman–Crippen LogP) is 0.323. The fourth-order valence-electron chi connectivity index (χ4n) is 1.84. The van der Waals surface area contributed by atoms with Gasteiger partial charge in [0.25, 0.3) is 5.91 Å². The van der Waals surface area contributed by atoms with E-state index in [1.807, 2.05) is 0 Å². The molecule has 2 heterocycles. The second-order valence-electron chi connectivity index (χ2n) is 4.14. The van der Waals surface area contributed by atoms with E-state index in [1.54, 1.807) is 22.8 Å². The van der Waals surface area contributed by atoms with Gasteiger partial charge in [-0.2, -0.15) is 5.10 Å². The molecule has 0 aliphatic carbocycles. The molecule has 1 aliphatic rings. The van der Waals surface area contributed by atoms with Gasteiger partial charge in [0.2, 0.25) is 0 Å². The third kappa shape index (κ3) is 2.21. The zero-order valence-electron chi connectivity index (χ0n) is 9.69. The molecule has 5 nitrogen and oxygen atoms in total. The minimum Gasteiger partial charge on any atom is -0.341 e. The molecule has 0 spiro atoms. The molecule has 6 heteroatoms. The Morgan fingerprint density at radius 1 is 1.71 bits per heavy atom. The van der Waals surface area contributed by atoms with Crippen LogP contribution >= 0.6 is 0 Å². The summed E-state index contributed by atoms with van der Waals surface area (Å²) in [6, 6.07) is 0. The molecule has 0 fully saturated rings. The topological polar surface area (TPSA) is 64.2 Å². The van der Waals surface area contributed by atoms with Crippen LogP contribution < -0.4 is 5.73 Å². The summed E-state index contributed by atoms with van der Waals surface area (Å²) in [5.74, 6) is -0.0315. The molecule has 92 valence electrons. The molecule has 0 radical (unpaired) electrons. The molecule has 2 N–H and O–H groups in total. The highest BCUT2D eigenvalue weighted by molar-refractivity contribution is 5.95. The van der Waals surface area contributed by atoms with Gasteiger partial charge in [-0.3, -0.25) is 9.48 Å². The summed E-state index contributed by atoms with van der Waals surface area (Å²) in [5, 5.41) is 4.28. The lowest BCUT2D eigenvalue weighted by atomic mass is 10.1. The predicted molar refractivity (Wildman–Crippen MR) is 61.1 cm³/mol. The number of hydrogen-bond acceptors (Lipinski definition) is 3. The number of fused-ring (bicyclic) bond motifs is 1.